The number of pyridine rings is 1. The zero-order valence-corrected chi connectivity index (χ0v) is 12.2. The summed E-state index contributed by atoms with van der Waals surface area (Å²) in [7, 11) is 0. The van der Waals surface area contributed by atoms with Gasteiger partial charge in [0.1, 0.15) is 6.54 Å². The van der Waals surface area contributed by atoms with Crippen LogP contribution in [0.3, 0.4) is 0 Å². The predicted octanol–water partition coefficient (Wildman–Crippen LogP) is 3.12. The molecule has 1 aromatic carbocycles. The van der Waals surface area contributed by atoms with Crippen LogP contribution in [-0.4, -0.2) is 28.5 Å². The van der Waals surface area contributed by atoms with Gasteiger partial charge < -0.3 is 5.11 Å². The summed E-state index contributed by atoms with van der Waals surface area (Å²) in [5.74, 6) is -1.66. The molecule has 1 aromatic heterocycles. The molecule has 1 heterocycles. The first-order chi connectivity index (χ1) is 9.99. The lowest BCUT2D eigenvalue weighted by molar-refractivity contribution is -0.135. The molecule has 0 saturated carbocycles. The number of halogens is 2. The summed E-state index contributed by atoms with van der Waals surface area (Å²) < 4.78 is 0. The number of aliphatic carboxylic acids is 1. The van der Waals surface area contributed by atoms with Gasteiger partial charge in [0.05, 0.1) is 10.6 Å². The number of carboxylic acid groups (broad SMARTS) is 1. The van der Waals surface area contributed by atoms with Crippen LogP contribution in [0.4, 0.5) is 5.69 Å². The van der Waals surface area contributed by atoms with Crippen LogP contribution in [0.1, 0.15) is 10.4 Å². The zero-order valence-electron chi connectivity index (χ0n) is 10.7. The number of benzene rings is 1. The Bertz CT molecular complexity index is 674. The highest BCUT2D eigenvalue weighted by atomic mass is 35.5. The van der Waals surface area contributed by atoms with E-state index in [-0.39, 0.29) is 10.6 Å². The second-order valence-electron chi connectivity index (χ2n) is 4.12. The van der Waals surface area contributed by atoms with Gasteiger partial charge in [0, 0.05) is 23.1 Å². The van der Waals surface area contributed by atoms with Crippen molar-refractivity contribution in [3.63, 3.8) is 0 Å². The van der Waals surface area contributed by atoms with Crippen LogP contribution in [0.5, 0.6) is 0 Å². The van der Waals surface area contributed by atoms with E-state index in [1.807, 2.05) is 0 Å². The summed E-state index contributed by atoms with van der Waals surface area (Å²) in [5.41, 5.74) is 0.600. The molecular formula is C14H10Cl2N2O3. The Hall–Kier alpha value is -2.11. The average Bonchev–Trinajstić information content (AvgIpc) is 2.45. The van der Waals surface area contributed by atoms with E-state index in [4.69, 9.17) is 28.3 Å². The number of hydrogen-bond acceptors (Lipinski definition) is 3. The van der Waals surface area contributed by atoms with E-state index in [2.05, 4.69) is 4.98 Å². The van der Waals surface area contributed by atoms with E-state index in [1.165, 1.54) is 18.5 Å². The molecule has 108 valence electrons. The van der Waals surface area contributed by atoms with Crippen LogP contribution in [0.2, 0.25) is 10.0 Å². The van der Waals surface area contributed by atoms with Gasteiger partial charge >= 0.3 is 5.97 Å². The molecule has 0 aliphatic carbocycles. The average molecular weight is 325 g/mol. The standard InChI is InChI=1S/C14H10Cl2N2O3/c15-9-1-3-10(4-2-9)18(8-13(19)20)14(21)11-5-6-17-7-12(11)16/h1-7H,8H2,(H,19,20). The molecule has 2 aromatic rings. The number of anilines is 1. The first kappa shape index (κ1) is 15.3. The Morgan fingerprint density at radius 2 is 1.81 bits per heavy atom. The van der Waals surface area contributed by atoms with E-state index in [1.54, 1.807) is 24.3 Å². The Morgan fingerprint density at radius 1 is 1.14 bits per heavy atom. The van der Waals surface area contributed by atoms with Crippen molar-refractivity contribution < 1.29 is 14.7 Å². The van der Waals surface area contributed by atoms with Gasteiger partial charge in [0.25, 0.3) is 5.91 Å². The van der Waals surface area contributed by atoms with Crippen molar-refractivity contribution in [1.82, 2.24) is 4.98 Å². The molecule has 1 amide bonds. The normalized spacial score (nSPS) is 10.2. The number of aromatic nitrogens is 1. The molecule has 7 heteroatoms. The van der Waals surface area contributed by atoms with Crippen LogP contribution in [-0.2, 0) is 4.79 Å². The lowest BCUT2D eigenvalue weighted by Crippen LogP contribution is -2.35. The fraction of sp³-hybridized carbons (Fsp3) is 0.0714. The summed E-state index contributed by atoms with van der Waals surface area (Å²) >= 11 is 11.7. The summed E-state index contributed by atoms with van der Waals surface area (Å²) in [6.45, 7) is -0.487. The molecule has 0 aliphatic heterocycles. The second kappa shape index (κ2) is 6.56. The molecule has 0 unspecified atom stereocenters. The monoisotopic (exact) mass is 324 g/mol. The molecule has 0 bridgehead atoms. The van der Waals surface area contributed by atoms with Crippen molar-refractivity contribution in [2.75, 3.05) is 11.4 Å². The van der Waals surface area contributed by atoms with Crippen LogP contribution in [0.15, 0.2) is 42.7 Å². The molecule has 0 saturated heterocycles. The Kier molecular flexibility index (Phi) is 4.77. The molecule has 1 N–H and O–H groups in total. The quantitative estimate of drug-likeness (QED) is 0.937. The topological polar surface area (TPSA) is 70.5 Å². The third-order valence-corrected chi connectivity index (χ3v) is 3.23. The molecule has 0 radical (unpaired) electrons. The third kappa shape index (κ3) is 3.71. The largest absolute Gasteiger partial charge is 0.480 e. The summed E-state index contributed by atoms with van der Waals surface area (Å²) in [4.78, 5) is 28.4. The van der Waals surface area contributed by atoms with Gasteiger partial charge in [-0.3, -0.25) is 19.5 Å². The van der Waals surface area contributed by atoms with Crippen molar-refractivity contribution in [3.8, 4) is 0 Å². The van der Waals surface area contributed by atoms with E-state index >= 15 is 0 Å². The number of nitrogens with zero attached hydrogens (tertiary/aromatic N) is 2. The second-order valence-corrected chi connectivity index (χ2v) is 4.96. The number of hydrogen-bond donors (Lipinski definition) is 1. The number of amides is 1. The number of carbonyl (C=O) groups excluding carboxylic acids is 1. The van der Waals surface area contributed by atoms with Gasteiger partial charge in [-0.15, -0.1) is 0 Å². The fourth-order valence-electron chi connectivity index (χ4n) is 1.73. The fourth-order valence-corrected chi connectivity index (χ4v) is 2.06. The van der Waals surface area contributed by atoms with Crippen molar-refractivity contribution in [2.45, 2.75) is 0 Å². The SMILES string of the molecule is O=C(O)CN(C(=O)c1ccncc1Cl)c1ccc(Cl)cc1. The molecule has 5 nitrogen and oxygen atoms in total. The van der Waals surface area contributed by atoms with Gasteiger partial charge in [0.2, 0.25) is 0 Å². The maximum atomic E-state index is 12.5. The Labute approximate surface area is 130 Å². The summed E-state index contributed by atoms with van der Waals surface area (Å²) in [5, 5.41) is 9.65. The molecule has 21 heavy (non-hydrogen) atoms. The molecule has 0 spiro atoms. The molecule has 2 rings (SSSR count). The minimum atomic E-state index is -1.14. The van der Waals surface area contributed by atoms with Crippen LogP contribution >= 0.6 is 23.2 Å². The molecular weight excluding hydrogens is 315 g/mol. The first-order valence-corrected chi connectivity index (χ1v) is 6.63. The van der Waals surface area contributed by atoms with E-state index < -0.39 is 18.4 Å². The van der Waals surface area contributed by atoms with E-state index in [9.17, 15) is 9.59 Å². The van der Waals surface area contributed by atoms with Gasteiger partial charge in [0.15, 0.2) is 0 Å². The molecule has 0 fully saturated rings. The van der Waals surface area contributed by atoms with Crippen molar-refractivity contribution in [3.05, 3.63) is 58.3 Å². The highest BCUT2D eigenvalue weighted by molar-refractivity contribution is 6.34. The van der Waals surface area contributed by atoms with Crippen LogP contribution < -0.4 is 4.90 Å². The smallest absolute Gasteiger partial charge is 0.323 e. The van der Waals surface area contributed by atoms with E-state index in [0.717, 1.165) is 4.90 Å². The molecule has 0 aliphatic rings. The van der Waals surface area contributed by atoms with Gasteiger partial charge in [-0.25, -0.2) is 0 Å². The first-order valence-electron chi connectivity index (χ1n) is 5.88. The number of carbonyl (C=O) groups is 2. The lowest BCUT2D eigenvalue weighted by Gasteiger charge is -2.21. The minimum Gasteiger partial charge on any atom is -0.480 e. The van der Waals surface area contributed by atoms with Gasteiger partial charge in [-0.05, 0) is 30.3 Å². The highest BCUT2D eigenvalue weighted by Crippen LogP contribution is 2.22. The maximum Gasteiger partial charge on any atom is 0.323 e. The zero-order chi connectivity index (χ0) is 15.4. The van der Waals surface area contributed by atoms with E-state index in [0.29, 0.717) is 10.7 Å². The predicted molar refractivity (Wildman–Crippen MR) is 80.0 cm³/mol. The molecule has 0 atom stereocenters. The van der Waals surface area contributed by atoms with Gasteiger partial charge in [-0.1, -0.05) is 23.2 Å². The third-order valence-electron chi connectivity index (χ3n) is 2.68. The van der Waals surface area contributed by atoms with Crippen LogP contribution in [0, 0.1) is 0 Å². The Balaban J connectivity index is 2.40. The number of rotatable bonds is 4. The maximum absolute atomic E-state index is 12.5. The minimum absolute atomic E-state index is 0.159. The number of carboxylic acids is 1. The Morgan fingerprint density at radius 3 is 2.38 bits per heavy atom. The van der Waals surface area contributed by atoms with Crippen molar-refractivity contribution >= 4 is 40.8 Å². The van der Waals surface area contributed by atoms with Crippen molar-refractivity contribution in [2.24, 2.45) is 0 Å². The van der Waals surface area contributed by atoms with Gasteiger partial charge in [-0.2, -0.15) is 0 Å². The lowest BCUT2D eigenvalue weighted by atomic mass is 10.2. The summed E-state index contributed by atoms with van der Waals surface area (Å²) in [6.07, 6.45) is 2.75. The van der Waals surface area contributed by atoms with Crippen molar-refractivity contribution in [1.29, 1.82) is 0 Å². The summed E-state index contributed by atoms with van der Waals surface area (Å²) in [6, 6.07) is 7.73. The van der Waals surface area contributed by atoms with Crippen LogP contribution in [0.25, 0.3) is 0 Å². The highest BCUT2D eigenvalue weighted by Gasteiger charge is 2.22.